The monoisotopic (exact) mass is 162 g/mol. The Bertz CT molecular complexity index is 434. The van der Waals surface area contributed by atoms with Crippen LogP contribution in [0.5, 0.6) is 0 Å². The Morgan fingerprint density at radius 3 is 3.08 bits per heavy atom. The van der Waals surface area contributed by atoms with E-state index in [1.807, 2.05) is 0 Å². The van der Waals surface area contributed by atoms with Crippen molar-refractivity contribution in [1.82, 2.24) is 15.4 Å². The van der Waals surface area contributed by atoms with Crippen molar-refractivity contribution in [2.45, 2.75) is 0 Å². The summed E-state index contributed by atoms with van der Waals surface area (Å²) in [5.41, 5.74) is 6.74. The van der Waals surface area contributed by atoms with Gasteiger partial charge in [0.1, 0.15) is 5.52 Å². The van der Waals surface area contributed by atoms with Crippen LogP contribution in [0.4, 0.5) is 0 Å². The number of H-pyrrole nitrogens is 1. The molecule has 2 rings (SSSR count). The molecule has 0 atom stereocenters. The fraction of sp³-hybridized carbons (Fsp3) is 0. The predicted molar refractivity (Wildman–Crippen MR) is 42.4 cm³/mol. The van der Waals surface area contributed by atoms with Gasteiger partial charge >= 0.3 is 0 Å². The van der Waals surface area contributed by atoms with Gasteiger partial charge in [0.25, 0.3) is 5.91 Å². The van der Waals surface area contributed by atoms with E-state index >= 15 is 0 Å². The molecule has 0 radical (unpaired) electrons. The quantitative estimate of drug-likeness (QED) is 0.621. The number of primary amides is 1. The molecule has 2 aromatic rings. The number of hydrogen-bond acceptors (Lipinski definition) is 3. The summed E-state index contributed by atoms with van der Waals surface area (Å²) >= 11 is 0. The van der Waals surface area contributed by atoms with E-state index < -0.39 is 5.91 Å². The SMILES string of the molecule is NC(=O)c1cccc2[nH]nnc12. The van der Waals surface area contributed by atoms with Crippen LogP contribution in [-0.2, 0) is 0 Å². The number of hydrogen-bond donors (Lipinski definition) is 2. The first kappa shape index (κ1) is 6.78. The Hall–Kier alpha value is -1.91. The summed E-state index contributed by atoms with van der Waals surface area (Å²) in [4.78, 5) is 10.9. The van der Waals surface area contributed by atoms with Crippen molar-refractivity contribution in [3.63, 3.8) is 0 Å². The molecule has 3 N–H and O–H groups in total. The van der Waals surface area contributed by atoms with Crippen molar-refractivity contribution in [3.8, 4) is 0 Å². The first-order chi connectivity index (χ1) is 5.79. The highest BCUT2D eigenvalue weighted by atomic mass is 16.1. The molecule has 0 aliphatic rings. The van der Waals surface area contributed by atoms with Crippen molar-refractivity contribution in [2.24, 2.45) is 5.73 Å². The molecule has 0 saturated heterocycles. The summed E-state index contributed by atoms with van der Waals surface area (Å²) in [5.74, 6) is -0.491. The lowest BCUT2D eigenvalue weighted by Gasteiger charge is -1.93. The lowest BCUT2D eigenvalue weighted by Crippen LogP contribution is -2.11. The van der Waals surface area contributed by atoms with E-state index in [1.165, 1.54) is 0 Å². The second kappa shape index (κ2) is 2.30. The van der Waals surface area contributed by atoms with Crippen molar-refractivity contribution in [2.75, 3.05) is 0 Å². The number of amides is 1. The minimum Gasteiger partial charge on any atom is -0.366 e. The lowest BCUT2D eigenvalue weighted by molar-refractivity contribution is 0.100. The summed E-state index contributed by atoms with van der Waals surface area (Å²) in [6.45, 7) is 0. The molecule has 1 amide bonds. The number of benzene rings is 1. The minimum absolute atomic E-state index is 0.390. The number of fused-ring (bicyclic) bond motifs is 1. The van der Waals surface area contributed by atoms with Gasteiger partial charge in [-0.1, -0.05) is 11.3 Å². The average molecular weight is 162 g/mol. The first-order valence-corrected chi connectivity index (χ1v) is 3.38. The van der Waals surface area contributed by atoms with Crippen LogP contribution in [-0.4, -0.2) is 21.3 Å². The van der Waals surface area contributed by atoms with Gasteiger partial charge in [0.15, 0.2) is 0 Å². The van der Waals surface area contributed by atoms with Gasteiger partial charge in [0, 0.05) is 0 Å². The molecule has 0 fully saturated rings. The summed E-state index contributed by atoms with van der Waals surface area (Å²) in [5, 5.41) is 9.94. The molecule has 0 saturated carbocycles. The van der Waals surface area contributed by atoms with E-state index in [1.54, 1.807) is 18.2 Å². The molecule has 0 unspecified atom stereocenters. The van der Waals surface area contributed by atoms with Gasteiger partial charge < -0.3 is 5.73 Å². The largest absolute Gasteiger partial charge is 0.366 e. The smallest absolute Gasteiger partial charge is 0.251 e. The Labute approximate surface area is 67.6 Å². The summed E-state index contributed by atoms with van der Waals surface area (Å²) in [7, 11) is 0. The normalized spacial score (nSPS) is 10.3. The zero-order chi connectivity index (χ0) is 8.55. The van der Waals surface area contributed by atoms with Gasteiger partial charge in [-0.05, 0) is 12.1 Å². The highest BCUT2D eigenvalue weighted by Crippen LogP contribution is 2.11. The standard InChI is InChI=1S/C7H6N4O/c8-7(12)4-2-1-3-5-6(4)10-11-9-5/h1-3H,(H2,8,12)(H,9,10,11). The number of nitrogens with zero attached hydrogens (tertiary/aromatic N) is 2. The van der Waals surface area contributed by atoms with Crippen LogP contribution in [0.1, 0.15) is 10.4 Å². The summed E-state index contributed by atoms with van der Waals surface area (Å²) in [6, 6.07) is 5.12. The van der Waals surface area contributed by atoms with Crippen LogP contribution in [0.3, 0.4) is 0 Å². The van der Waals surface area contributed by atoms with Crippen molar-refractivity contribution >= 4 is 16.9 Å². The third-order valence-corrected chi connectivity index (χ3v) is 1.62. The summed E-state index contributed by atoms with van der Waals surface area (Å²) < 4.78 is 0. The van der Waals surface area contributed by atoms with E-state index in [0.29, 0.717) is 16.6 Å². The molecule has 1 aromatic heterocycles. The molecule has 0 bridgehead atoms. The highest BCUT2D eigenvalue weighted by molar-refractivity contribution is 6.03. The van der Waals surface area contributed by atoms with E-state index in [0.717, 1.165) is 0 Å². The van der Waals surface area contributed by atoms with Crippen LogP contribution in [0, 0.1) is 0 Å². The number of rotatable bonds is 1. The van der Waals surface area contributed by atoms with E-state index in [2.05, 4.69) is 15.4 Å². The van der Waals surface area contributed by atoms with Gasteiger partial charge in [0.05, 0.1) is 11.1 Å². The Kier molecular flexibility index (Phi) is 1.30. The number of aromatic amines is 1. The van der Waals surface area contributed by atoms with Crippen LogP contribution in [0.2, 0.25) is 0 Å². The molecule has 5 heteroatoms. The van der Waals surface area contributed by atoms with Gasteiger partial charge in [-0.15, -0.1) is 5.10 Å². The van der Waals surface area contributed by atoms with Crippen molar-refractivity contribution in [3.05, 3.63) is 23.8 Å². The van der Waals surface area contributed by atoms with E-state index in [-0.39, 0.29) is 0 Å². The summed E-state index contributed by atoms with van der Waals surface area (Å²) in [6.07, 6.45) is 0. The minimum atomic E-state index is -0.491. The number of nitrogens with one attached hydrogen (secondary N) is 1. The first-order valence-electron chi connectivity index (χ1n) is 3.38. The molecule has 1 heterocycles. The molecule has 5 nitrogen and oxygen atoms in total. The lowest BCUT2D eigenvalue weighted by atomic mass is 10.2. The number of carbonyl (C=O) groups is 1. The van der Waals surface area contributed by atoms with E-state index in [4.69, 9.17) is 5.73 Å². The third-order valence-electron chi connectivity index (χ3n) is 1.62. The zero-order valence-electron chi connectivity index (χ0n) is 6.11. The average Bonchev–Trinajstić information content (AvgIpc) is 2.49. The zero-order valence-corrected chi connectivity index (χ0v) is 6.11. The Morgan fingerprint density at radius 2 is 2.33 bits per heavy atom. The maximum absolute atomic E-state index is 10.9. The Balaban J connectivity index is 2.82. The van der Waals surface area contributed by atoms with Gasteiger partial charge in [-0.25, -0.2) is 0 Å². The van der Waals surface area contributed by atoms with E-state index in [9.17, 15) is 4.79 Å². The molecular weight excluding hydrogens is 156 g/mol. The Morgan fingerprint density at radius 1 is 1.50 bits per heavy atom. The van der Waals surface area contributed by atoms with Crippen LogP contribution in [0.25, 0.3) is 11.0 Å². The van der Waals surface area contributed by atoms with Gasteiger partial charge in [0.2, 0.25) is 0 Å². The fourth-order valence-corrected chi connectivity index (χ4v) is 1.07. The highest BCUT2D eigenvalue weighted by Gasteiger charge is 2.07. The number of aromatic nitrogens is 3. The molecule has 0 aliphatic carbocycles. The van der Waals surface area contributed by atoms with Crippen molar-refractivity contribution < 1.29 is 4.79 Å². The number of carbonyl (C=O) groups excluding carboxylic acids is 1. The van der Waals surface area contributed by atoms with Crippen molar-refractivity contribution in [1.29, 1.82) is 0 Å². The molecule has 12 heavy (non-hydrogen) atoms. The number of nitrogens with two attached hydrogens (primary N) is 1. The second-order valence-electron chi connectivity index (χ2n) is 2.38. The second-order valence-corrected chi connectivity index (χ2v) is 2.38. The third kappa shape index (κ3) is 0.833. The van der Waals surface area contributed by atoms with Gasteiger partial charge in [-0.2, -0.15) is 0 Å². The molecular formula is C7H6N4O. The predicted octanol–water partition coefficient (Wildman–Crippen LogP) is 0.0568. The van der Waals surface area contributed by atoms with Gasteiger partial charge in [-0.3, -0.25) is 9.89 Å². The maximum atomic E-state index is 10.9. The molecule has 0 aliphatic heterocycles. The molecule has 1 aromatic carbocycles. The van der Waals surface area contributed by atoms with Crippen LogP contribution in [0.15, 0.2) is 18.2 Å². The molecule has 0 spiro atoms. The van der Waals surface area contributed by atoms with Crippen LogP contribution >= 0.6 is 0 Å². The molecule has 60 valence electrons. The maximum Gasteiger partial charge on any atom is 0.251 e. The fourth-order valence-electron chi connectivity index (χ4n) is 1.07. The van der Waals surface area contributed by atoms with Crippen LogP contribution < -0.4 is 5.73 Å². The topological polar surface area (TPSA) is 84.7 Å².